The normalized spacial score (nSPS) is 23.0. The van der Waals surface area contributed by atoms with Gasteiger partial charge in [0.1, 0.15) is 11.3 Å². The van der Waals surface area contributed by atoms with Gasteiger partial charge in [0.05, 0.1) is 13.1 Å². The van der Waals surface area contributed by atoms with Crippen LogP contribution in [0.25, 0.3) is 0 Å². The molecule has 1 unspecified atom stereocenters. The number of carbonyl (C=O) groups is 2. The highest BCUT2D eigenvalue weighted by molar-refractivity contribution is 5.76. The molecule has 0 aliphatic carbocycles. The zero-order chi connectivity index (χ0) is 17.0. The van der Waals surface area contributed by atoms with E-state index in [4.69, 9.17) is 4.74 Å². The number of hydrogen-bond donors (Lipinski definition) is 0. The topological polar surface area (TPSA) is 49.9 Å². The first-order valence-corrected chi connectivity index (χ1v) is 7.59. The van der Waals surface area contributed by atoms with Gasteiger partial charge in [0.25, 0.3) is 0 Å². The minimum Gasteiger partial charge on any atom is -0.444 e. The van der Waals surface area contributed by atoms with E-state index in [-0.39, 0.29) is 25.5 Å². The molecule has 126 valence electrons. The van der Waals surface area contributed by atoms with E-state index in [1.54, 1.807) is 26.8 Å². The highest BCUT2D eigenvalue weighted by Gasteiger charge is 2.37. The summed E-state index contributed by atoms with van der Waals surface area (Å²) in [6, 6.07) is 0. The molecule has 0 aromatic carbocycles. The molecular weight excluding hydrogens is 287 g/mol. The van der Waals surface area contributed by atoms with Gasteiger partial charge in [0, 0.05) is 19.5 Å². The van der Waals surface area contributed by atoms with E-state index in [1.165, 1.54) is 16.7 Å². The Labute approximate surface area is 132 Å². The largest absolute Gasteiger partial charge is 0.444 e. The van der Waals surface area contributed by atoms with Crippen LogP contribution < -0.4 is 0 Å². The molecule has 1 rings (SSSR count). The Morgan fingerprint density at radius 3 is 2.36 bits per heavy atom. The van der Waals surface area contributed by atoms with E-state index in [1.807, 2.05) is 0 Å². The van der Waals surface area contributed by atoms with E-state index >= 15 is 0 Å². The van der Waals surface area contributed by atoms with Gasteiger partial charge in [0.15, 0.2) is 0 Å². The third-order valence-corrected chi connectivity index (χ3v) is 3.25. The van der Waals surface area contributed by atoms with E-state index in [2.05, 4.69) is 6.58 Å². The Morgan fingerprint density at radius 2 is 1.82 bits per heavy atom. The number of nitrogens with zero attached hydrogens (tertiary/aromatic N) is 2. The van der Waals surface area contributed by atoms with Gasteiger partial charge in [-0.15, -0.1) is 6.58 Å². The molecule has 6 heteroatoms. The third kappa shape index (κ3) is 6.03. The Kier molecular flexibility index (Phi) is 5.97. The Bertz CT molecular complexity index is 430. The quantitative estimate of drug-likeness (QED) is 0.753. The van der Waals surface area contributed by atoms with E-state index in [0.29, 0.717) is 19.4 Å². The monoisotopic (exact) mass is 314 g/mol. The Hall–Kier alpha value is -1.59. The third-order valence-electron chi connectivity index (χ3n) is 3.25. The van der Waals surface area contributed by atoms with Crippen LogP contribution in [0.5, 0.6) is 0 Å². The number of halogens is 1. The van der Waals surface area contributed by atoms with E-state index in [9.17, 15) is 14.0 Å². The highest BCUT2D eigenvalue weighted by atomic mass is 19.1. The zero-order valence-corrected chi connectivity index (χ0v) is 14.0. The van der Waals surface area contributed by atoms with Gasteiger partial charge in [-0.2, -0.15) is 0 Å². The summed E-state index contributed by atoms with van der Waals surface area (Å²) in [5.41, 5.74) is -2.28. The first-order chi connectivity index (χ1) is 10.0. The van der Waals surface area contributed by atoms with Crippen LogP contribution in [0.3, 0.4) is 0 Å². The molecule has 1 atom stereocenters. The van der Waals surface area contributed by atoms with Crippen molar-refractivity contribution in [3.63, 3.8) is 0 Å². The molecule has 0 bridgehead atoms. The molecule has 0 aromatic rings. The predicted molar refractivity (Wildman–Crippen MR) is 83.3 cm³/mol. The molecule has 0 radical (unpaired) electrons. The standard InChI is InChI=1S/C16H27FN2O3/c1-6-7-8-13(20)18-9-10-19(12-16(5,17)11-18)14(21)22-15(2,3)4/h6H,1,7-12H2,2-5H3. The SMILES string of the molecule is C=CCCC(=O)N1CCN(C(=O)OC(C)(C)C)CC(C)(F)C1. The number of hydrogen-bond acceptors (Lipinski definition) is 3. The van der Waals surface area contributed by atoms with Crippen molar-refractivity contribution in [1.82, 2.24) is 9.80 Å². The lowest BCUT2D eigenvalue weighted by Crippen LogP contribution is -2.45. The van der Waals surface area contributed by atoms with Gasteiger partial charge in [-0.05, 0) is 34.1 Å². The number of ether oxygens (including phenoxy) is 1. The van der Waals surface area contributed by atoms with E-state index < -0.39 is 17.4 Å². The van der Waals surface area contributed by atoms with E-state index in [0.717, 1.165) is 0 Å². The van der Waals surface area contributed by atoms with Crippen LogP contribution in [0, 0.1) is 0 Å². The molecule has 1 fully saturated rings. The second kappa shape index (κ2) is 7.11. The molecule has 1 aliphatic heterocycles. The average Bonchev–Trinajstić information content (AvgIpc) is 2.52. The molecule has 2 amide bonds. The first-order valence-electron chi connectivity index (χ1n) is 7.59. The van der Waals surface area contributed by atoms with Gasteiger partial charge < -0.3 is 14.5 Å². The molecule has 0 saturated carbocycles. The van der Waals surface area contributed by atoms with Crippen molar-refractivity contribution in [1.29, 1.82) is 0 Å². The van der Waals surface area contributed by atoms with Crippen molar-refractivity contribution in [3.05, 3.63) is 12.7 Å². The summed E-state index contributed by atoms with van der Waals surface area (Å²) in [5.74, 6) is -0.116. The maximum absolute atomic E-state index is 14.6. The number of rotatable bonds is 3. The molecule has 1 heterocycles. The lowest BCUT2D eigenvalue weighted by Gasteiger charge is -2.29. The fourth-order valence-electron chi connectivity index (χ4n) is 2.32. The van der Waals surface area contributed by atoms with Crippen LogP contribution in [0.4, 0.5) is 9.18 Å². The summed E-state index contributed by atoms with van der Waals surface area (Å²) in [6.45, 7) is 10.8. The number of allylic oxidation sites excluding steroid dienone is 1. The van der Waals surface area contributed by atoms with Crippen LogP contribution in [-0.2, 0) is 9.53 Å². The molecular formula is C16H27FN2O3. The Balaban J connectivity index is 2.74. The number of alkyl halides is 1. The van der Waals surface area contributed by atoms with Gasteiger partial charge in [0.2, 0.25) is 5.91 Å². The van der Waals surface area contributed by atoms with Crippen molar-refractivity contribution in [2.75, 3.05) is 26.2 Å². The highest BCUT2D eigenvalue weighted by Crippen LogP contribution is 2.21. The summed E-state index contributed by atoms with van der Waals surface area (Å²) < 4.78 is 19.9. The predicted octanol–water partition coefficient (Wildman–Crippen LogP) is 2.76. The van der Waals surface area contributed by atoms with Crippen LogP contribution in [0.15, 0.2) is 12.7 Å². The fraction of sp³-hybridized carbons (Fsp3) is 0.750. The average molecular weight is 314 g/mol. The second-order valence-electron chi connectivity index (χ2n) is 6.96. The summed E-state index contributed by atoms with van der Waals surface area (Å²) in [7, 11) is 0. The summed E-state index contributed by atoms with van der Waals surface area (Å²) in [6.07, 6.45) is 1.99. The van der Waals surface area contributed by atoms with Gasteiger partial charge >= 0.3 is 6.09 Å². The summed E-state index contributed by atoms with van der Waals surface area (Å²) >= 11 is 0. The molecule has 22 heavy (non-hydrogen) atoms. The molecule has 0 aromatic heterocycles. The molecule has 0 spiro atoms. The molecule has 0 N–H and O–H groups in total. The van der Waals surface area contributed by atoms with Crippen molar-refractivity contribution >= 4 is 12.0 Å². The molecule has 1 saturated heterocycles. The number of carbonyl (C=O) groups excluding carboxylic acids is 2. The maximum Gasteiger partial charge on any atom is 0.410 e. The maximum atomic E-state index is 14.6. The van der Waals surface area contributed by atoms with Crippen molar-refractivity contribution < 1.29 is 18.7 Å². The van der Waals surface area contributed by atoms with Crippen molar-refractivity contribution in [2.45, 2.75) is 51.8 Å². The lowest BCUT2D eigenvalue weighted by atomic mass is 10.1. The van der Waals surface area contributed by atoms with Crippen molar-refractivity contribution in [2.24, 2.45) is 0 Å². The lowest BCUT2D eigenvalue weighted by molar-refractivity contribution is -0.132. The Morgan fingerprint density at radius 1 is 1.27 bits per heavy atom. The van der Waals surface area contributed by atoms with Gasteiger partial charge in [-0.1, -0.05) is 6.08 Å². The van der Waals surface area contributed by atoms with Gasteiger partial charge in [-0.3, -0.25) is 4.79 Å². The minimum absolute atomic E-state index is 0.0116. The minimum atomic E-state index is -1.66. The molecule has 1 aliphatic rings. The fourth-order valence-corrected chi connectivity index (χ4v) is 2.32. The number of amides is 2. The summed E-state index contributed by atoms with van der Waals surface area (Å²) in [4.78, 5) is 27.0. The second-order valence-corrected chi connectivity index (χ2v) is 6.96. The van der Waals surface area contributed by atoms with Crippen LogP contribution in [0.1, 0.15) is 40.5 Å². The molecule has 5 nitrogen and oxygen atoms in total. The van der Waals surface area contributed by atoms with Crippen LogP contribution >= 0.6 is 0 Å². The first kappa shape index (κ1) is 18.5. The van der Waals surface area contributed by atoms with Gasteiger partial charge in [-0.25, -0.2) is 9.18 Å². The van der Waals surface area contributed by atoms with Crippen molar-refractivity contribution in [3.8, 4) is 0 Å². The smallest absolute Gasteiger partial charge is 0.410 e. The van der Waals surface area contributed by atoms with Crippen LogP contribution in [0.2, 0.25) is 0 Å². The zero-order valence-electron chi connectivity index (χ0n) is 14.0. The van der Waals surface area contributed by atoms with Crippen LogP contribution in [-0.4, -0.2) is 59.2 Å². The summed E-state index contributed by atoms with van der Waals surface area (Å²) in [5, 5.41) is 0.